The van der Waals surface area contributed by atoms with E-state index in [0.29, 0.717) is 18.7 Å². The molecule has 144 valence electrons. The van der Waals surface area contributed by atoms with Gasteiger partial charge < -0.3 is 14.8 Å². The molecule has 4 rings (SSSR count). The molecular weight excluding hydrogens is 350 g/mol. The van der Waals surface area contributed by atoms with Crippen molar-refractivity contribution in [1.82, 2.24) is 4.57 Å². The number of hydrogen-bond donors (Lipinski definition) is 1. The summed E-state index contributed by atoms with van der Waals surface area (Å²) in [6.07, 6.45) is 1.35. The van der Waals surface area contributed by atoms with Crippen LogP contribution in [0.25, 0.3) is 10.9 Å². The van der Waals surface area contributed by atoms with Crippen molar-refractivity contribution in [2.45, 2.75) is 33.6 Å². The molecule has 0 radical (unpaired) electrons. The minimum atomic E-state index is -0.195. The van der Waals surface area contributed by atoms with Crippen LogP contribution in [0.5, 0.6) is 0 Å². The van der Waals surface area contributed by atoms with E-state index in [4.69, 9.17) is 0 Å². The van der Waals surface area contributed by atoms with Crippen molar-refractivity contribution in [3.05, 3.63) is 58.8 Å². The smallest absolute Gasteiger partial charge is 0.274 e. The van der Waals surface area contributed by atoms with Crippen molar-refractivity contribution >= 4 is 34.1 Å². The predicted molar refractivity (Wildman–Crippen MR) is 113 cm³/mol. The third kappa shape index (κ3) is 2.87. The van der Waals surface area contributed by atoms with Gasteiger partial charge in [0.25, 0.3) is 5.91 Å². The number of nitrogens with zero attached hydrogens (tertiary/aromatic N) is 2. The van der Waals surface area contributed by atoms with Crippen molar-refractivity contribution in [3.63, 3.8) is 0 Å². The number of carbonyl (C=O) groups excluding carboxylic acids is 2. The molecule has 1 aromatic heterocycles. The summed E-state index contributed by atoms with van der Waals surface area (Å²) in [5, 5.41) is 4.01. The summed E-state index contributed by atoms with van der Waals surface area (Å²) in [6.45, 7) is 6.70. The summed E-state index contributed by atoms with van der Waals surface area (Å²) in [6, 6.07) is 12.0. The summed E-state index contributed by atoms with van der Waals surface area (Å²) in [5.41, 5.74) is 6.27. The van der Waals surface area contributed by atoms with Crippen LogP contribution in [-0.2, 0) is 11.8 Å². The summed E-state index contributed by atoms with van der Waals surface area (Å²) in [4.78, 5) is 27.7. The first-order chi connectivity index (χ1) is 13.4. The average Bonchev–Trinajstić information content (AvgIpc) is 3.19. The molecule has 0 atom stereocenters. The molecule has 28 heavy (non-hydrogen) atoms. The number of aryl methyl sites for hydroxylation is 3. The summed E-state index contributed by atoms with van der Waals surface area (Å²) < 4.78 is 1.90. The van der Waals surface area contributed by atoms with Crippen LogP contribution < -0.4 is 10.2 Å². The second kappa shape index (κ2) is 6.82. The van der Waals surface area contributed by atoms with Crippen LogP contribution in [0.15, 0.2) is 36.4 Å². The molecule has 1 aliphatic heterocycles. The normalized spacial score (nSPS) is 14.1. The summed E-state index contributed by atoms with van der Waals surface area (Å²) in [7, 11) is 1.89. The van der Waals surface area contributed by atoms with Crippen LogP contribution in [0, 0.1) is 20.8 Å². The Bertz CT molecular complexity index is 1110. The number of rotatable bonds is 3. The molecule has 1 saturated heterocycles. The molecule has 2 heterocycles. The monoisotopic (exact) mass is 375 g/mol. The molecule has 3 aromatic rings. The number of anilines is 2. The lowest BCUT2D eigenvalue weighted by molar-refractivity contribution is -0.117. The highest BCUT2D eigenvalue weighted by molar-refractivity contribution is 6.17. The number of carbonyl (C=O) groups is 2. The SMILES string of the molecule is Cc1ccc2c(c1)c(N1CCCC1=O)c(C(=O)Nc1cccc(C)c1C)n2C. The van der Waals surface area contributed by atoms with Crippen molar-refractivity contribution in [2.24, 2.45) is 7.05 Å². The van der Waals surface area contributed by atoms with Gasteiger partial charge in [0.05, 0.1) is 11.2 Å². The molecule has 0 unspecified atom stereocenters. The molecule has 1 N–H and O–H groups in total. The highest BCUT2D eigenvalue weighted by Crippen LogP contribution is 2.37. The molecular formula is C23H25N3O2. The van der Waals surface area contributed by atoms with Crippen LogP contribution in [0.4, 0.5) is 11.4 Å². The van der Waals surface area contributed by atoms with Crippen LogP contribution in [0.2, 0.25) is 0 Å². The number of aromatic nitrogens is 1. The Morgan fingerprint density at radius 3 is 2.61 bits per heavy atom. The zero-order valence-electron chi connectivity index (χ0n) is 16.8. The van der Waals surface area contributed by atoms with Gasteiger partial charge in [-0.25, -0.2) is 0 Å². The van der Waals surface area contributed by atoms with Gasteiger partial charge in [-0.1, -0.05) is 23.8 Å². The van der Waals surface area contributed by atoms with Gasteiger partial charge >= 0.3 is 0 Å². The van der Waals surface area contributed by atoms with E-state index in [2.05, 4.69) is 11.4 Å². The third-order valence-electron chi connectivity index (χ3n) is 5.74. The standard InChI is InChI=1S/C23H25N3O2/c1-14-10-11-19-17(13-14)21(26-12-6-9-20(26)27)22(25(19)4)23(28)24-18-8-5-7-15(2)16(18)3/h5,7-8,10-11,13H,6,9,12H2,1-4H3,(H,24,28). The first-order valence-electron chi connectivity index (χ1n) is 9.65. The fraction of sp³-hybridized carbons (Fsp3) is 0.304. The van der Waals surface area contributed by atoms with Gasteiger partial charge in [0.1, 0.15) is 5.69 Å². The van der Waals surface area contributed by atoms with Gasteiger partial charge in [-0.3, -0.25) is 9.59 Å². The lowest BCUT2D eigenvalue weighted by Gasteiger charge is -2.18. The van der Waals surface area contributed by atoms with Crippen molar-refractivity contribution in [2.75, 3.05) is 16.8 Å². The van der Waals surface area contributed by atoms with Gasteiger partial charge in [-0.15, -0.1) is 0 Å². The van der Waals surface area contributed by atoms with E-state index >= 15 is 0 Å². The Morgan fingerprint density at radius 1 is 1.11 bits per heavy atom. The Kier molecular flexibility index (Phi) is 4.46. The third-order valence-corrected chi connectivity index (χ3v) is 5.74. The largest absolute Gasteiger partial charge is 0.338 e. The summed E-state index contributed by atoms with van der Waals surface area (Å²) >= 11 is 0. The molecule has 1 fully saturated rings. The molecule has 2 amide bonds. The maximum Gasteiger partial charge on any atom is 0.274 e. The molecule has 0 saturated carbocycles. The van der Waals surface area contributed by atoms with E-state index in [1.54, 1.807) is 4.90 Å². The number of nitrogens with one attached hydrogen (secondary N) is 1. The van der Waals surface area contributed by atoms with Gasteiger partial charge in [-0.2, -0.15) is 0 Å². The van der Waals surface area contributed by atoms with Gasteiger partial charge in [-0.05, 0) is 56.5 Å². The maximum atomic E-state index is 13.4. The predicted octanol–water partition coefficient (Wildman–Crippen LogP) is 4.48. The van der Waals surface area contributed by atoms with E-state index in [1.807, 2.05) is 62.7 Å². The molecule has 1 aliphatic rings. The summed E-state index contributed by atoms with van der Waals surface area (Å²) in [5.74, 6) is -0.116. The van der Waals surface area contributed by atoms with Gasteiger partial charge in [0.2, 0.25) is 5.91 Å². The van der Waals surface area contributed by atoms with E-state index in [9.17, 15) is 9.59 Å². The zero-order chi connectivity index (χ0) is 20.0. The van der Waals surface area contributed by atoms with Crippen molar-refractivity contribution in [3.8, 4) is 0 Å². The Labute approximate surface area is 165 Å². The fourth-order valence-electron chi connectivity index (χ4n) is 4.02. The van der Waals surface area contributed by atoms with Crippen molar-refractivity contribution in [1.29, 1.82) is 0 Å². The molecule has 0 spiro atoms. The van der Waals surface area contributed by atoms with Crippen LogP contribution in [0.1, 0.15) is 40.0 Å². The number of amides is 2. The molecule has 5 heteroatoms. The number of benzene rings is 2. The van der Waals surface area contributed by atoms with Gasteiger partial charge in [0.15, 0.2) is 0 Å². The second-order valence-electron chi connectivity index (χ2n) is 7.63. The maximum absolute atomic E-state index is 13.4. The topological polar surface area (TPSA) is 54.3 Å². The highest BCUT2D eigenvalue weighted by atomic mass is 16.2. The molecule has 2 aromatic carbocycles. The zero-order valence-corrected chi connectivity index (χ0v) is 16.8. The van der Waals surface area contributed by atoms with Crippen LogP contribution in [-0.4, -0.2) is 22.9 Å². The van der Waals surface area contributed by atoms with E-state index in [0.717, 1.165) is 45.4 Å². The Morgan fingerprint density at radius 2 is 1.89 bits per heavy atom. The van der Waals surface area contributed by atoms with Gasteiger partial charge in [0, 0.05) is 31.1 Å². The molecule has 5 nitrogen and oxygen atoms in total. The number of hydrogen-bond acceptors (Lipinski definition) is 2. The number of fused-ring (bicyclic) bond motifs is 1. The van der Waals surface area contributed by atoms with E-state index in [1.165, 1.54) is 0 Å². The van der Waals surface area contributed by atoms with Crippen LogP contribution in [0.3, 0.4) is 0 Å². The second-order valence-corrected chi connectivity index (χ2v) is 7.63. The van der Waals surface area contributed by atoms with E-state index in [-0.39, 0.29) is 11.8 Å². The molecule has 0 aliphatic carbocycles. The van der Waals surface area contributed by atoms with Crippen LogP contribution >= 0.6 is 0 Å². The Hall–Kier alpha value is -3.08. The highest BCUT2D eigenvalue weighted by Gasteiger charge is 2.31. The Balaban J connectivity index is 1.88. The van der Waals surface area contributed by atoms with E-state index < -0.39 is 0 Å². The fourth-order valence-corrected chi connectivity index (χ4v) is 4.02. The first-order valence-corrected chi connectivity index (χ1v) is 9.65. The van der Waals surface area contributed by atoms with Crippen molar-refractivity contribution < 1.29 is 9.59 Å². The minimum absolute atomic E-state index is 0.0785. The lowest BCUT2D eigenvalue weighted by atomic mass is 10.1. The first kappa shape index (κ1) is 18.3. The quantitative estimate of drug-likeness (QED) is 0.734. The minimum Gasteiger partial charge on any atom is -0.338 e. The lowest BCUT2D eigenvalue weighted by Crippen LogP contribution is -2.27. The average molecular weight is 375 g/mol. The molecule has 0 bridgehead atoms.